The molecule has 0 aliphatic carbocycles. The molecule has 0 unspecified atom stereocenters. The summed E-state index contributed by atoms with van der Waals surface area (Å²) in [5.74, 6) is 0. The van der Waals surface area contributed by atoms with E-state index in [-0.39, 0.29) is 0 Å². The molecule has 5 heavy (non-hydrogen) atoms. The van der Waals surface area contributed by atoms with Crippen molar-refractivity contribution in [2.75, 3.05) is 0 Å². The lowest BCUT2D eigenvalue weighted by Gasteiger charge is -1.77. The zero-order chi connectivity index (χ0) is 4.12. The summed E-state index contributed by atoms with van der Waals surface area (Å²) < 4.78 is 0. The Hall–Kier alpha value is 0. The molecule has 0 fully saturated rings. The Morgan fingerprint density at radius 1 is 1.20 bits per heavy atom. The van der Waals surface area contributed by atoms with E-state index in [1.807, 2.05) is 0 Å². The van der Waals surface area contributed by atoms with Gasteiger partial charge in [0, 0.05) is 0 Å². The van der Waals surface area contributed by atoms with E-state index in [4.69, 9.17) is 0 Å². The van der Waals surface area contributed by atoms with Gasteiger partial charge in [0.25, 0.3) is 0 Å². The smallest absolute Gasteiger partial charge is 0.0179 e. The predicted octanol–water partition coefficient (Wildman–Crippen LogP) is 1.89. The van der Waals surface area contributed by atoms with Gasteiger partial charge in [0.15, 0.2) is 0 Å². The Kier molecular flexibility index (Phi) is 4.00. The molecule has 0 atom stereocenters. The topological polar surface area (TPSA) is 0 Å². The van der Waals surface area contributed by atoms with Crippen LogP contribution in [0.15, 0.2) is 0 Å². The first-order valence-corrected chi connectivity index (χ1v) is 2.12. The molecule has 0 rings (SSSR count). The first-order chi connectivity index (χ1) is 2.41. The van der Waals surface area contributed by atoms with Crippen molar-refractivity contribution in [1.82, 2.24) is 0 Å². The maximum Gasteiger partial charge on any atom is -0.0179 e. The van der Waals surface area contributed by atoms with Gasteiger partial charge in [0.2, 0.25) is 0 Å². The largest absolute Gasteiger partial charge is 0.0648 e. The lowest BCUT2D eigenvalue weighted by molar-refractivity contribution is 0.971. The van der Waals surface area contributed by atoms with E-state index in [2.05, 4.69) is 20.3 Å². The van der Waals surface area contributed by atoms with Crippen LogP contribution >= 0.6 is 0 Å². The fourth-order valence-corrected chi connectivity index (χ4v) is 0.250. The first-order valence-electron chi connectivity index (χ1n) is 2.12. The molecule has 0 saturated carbocycles. The minimum absolute atomic E-state index is 1.09. The van der Waals surface area contributed by atoms with Gasteiger partial charge in [-0.05, 0) is 19.3 Å². The Morgan fingerprint density at radius 2 is 1.60 bits per heavy atom. The SMILES string of the molecule is CC[C]CC. The van der Waals surface area contributed by atoms with Gasteiger partial charge >= 0.3 is 0 Å². The molecule has 30 valence electrons. The van der Waals surface area contributed by atoms with Crippen molar-refractivity contribution in [2.45, 2.75) is 26.7 Å². The number of unbranched alkanes of at least 4 members (excludes halogenated alkanes) is 2. The second-order valence-corrected chi connectivity index (χ2v) is 0.957. The molecule has 0 amide bonds. The highest BCUT2D eigenvalue weighted by Gasteiger charge is 1.69. The van der Waals surface area contributed by atoms with Crippen LogP contribution in [-0.2, 0) is 0 Å². The Bertz CT molecular complexity index is 7.51. The molecular formula is C5H10. The number of rotatable bonds is 2. The molecule has 0 aliphatic rings. The summed E-state index contributed by atoms with van der Waals surface area (Å²) in [5, 5.41) is 0. The normalized spacial score (nSPS) is 8.40. The summed E-state index contributed by atoms with van der Waals surface area (Å²) in [5.41, 5.74) is 0. The molecule has 0 heterocycles. The van der Waals surface area contributed by atoms with Gasteiger partial charge in [-0.15, -0.1) is 0 Å². The fourth-order valence-electron chi connectivity index (χ4n) is 0.250. The zero-order valence-corrected chi connectivity index (χ0v) is 3.91. The van der Waals surface area contributed by atoms with E-state index in [0.717, 1.165) is 12.8 Å². The molecule has 0 aromatic carbocycles. The van der Waals surface area contributed by atoms with Crippen molar-refractivity contribution >= 4 is 0 Å². The Morgan fingerprint density at radius 3 is 1.60 bits per heavy atom. The lowest BCUT2D eigenvalue weighted by atomic mass is 10.3. The van der Waals surface area contributed by atoms with Crippen LogP contribution in [0, 0.1) is 6.42 Å². The van der Waals surface area contributed by atoms with Crippen LogP contribution in [0.2, 0.25) is 0 Å². The monoisotopic (exact) mass is 70.1 g/mol. The molecule has 0 aromatic rings. The highest BCUT2D eigenvalue weighted by atomic mass is 13.7. The van der Waals surface area contributed by atoms with Gasteiger partial charge in [0.05, 0.1) is 0 Å². The van der Waals surface area contributed by atoms with E-state index in [1.54, 1.807) is 0 Å². The minimum atomic E-state index is 1.09. The molecule has 0 N–H and O–H groups in total. The maximum atomic E-state index is 3.11. The summed E-state index contributed by atoms with van der Waals surface area (Å²) >= 11 is 0. The minimum Gasteiger partial charge on any atom is -0.0648 e. The van der Waals surface area contributed by atoms with Crippen LogP contribution in [0.1, 0.15) is 26.7 Å². The van der Waals surface area contributed by atoms with Gasteiger partial charge in [-0.2, -0.15) is 0 Å². The summed E-state index contributed by atoms with van der Waals surface area (Å²) in [7, 11) is 0. The average molecular weight is 70.1 g/mol. The van der Waals surface area contributed by atoms with Crippen LogP contribution in [0.3, 0.4) is 0 Å². The molecule has 0 heteroatoms. The van der Waals surface area contributed by atoms with E-state index in [0.29, 0.717) is 0 Å². The third kappa shape index (κ3) is 4.00. The van der Waals surface area contributed by atoms with Crippen molar-refractivity contribution in [3.05, 3.63) is 6.42 Å². The van der Waals surface area contributed by atoms with E-state index in [1.165, 1.54) is 0 Å². The highest BCUT2D eigenvalue weighted by molar-refractivity contribution is 4.54. The first kappa shape index (κ1) is 5.00. The van der Waals surface area contributed by atoms with Crippen LogP contribution in [0.4, 0.5) is 0 Å². The van der Waals surface area contributed by atoms with Crippen LogP contribution in [0.25, 0.3) is 0 Å². The average Bonchev–Trinajstić information content (AvgIpc) is 1.41. The molecule has 0 saturated heterocycles. The summed E-state index contributed by atoms with van der Waals surface area (Å²) in [6, 6.07) is 0. The van der Waals surface area contributed by atoms with Crippen LogP contribution in [0.5, 0.6) is 0 Å². The lowest BCUT2D eigenvalue weighted by Crippen LogP contribution is -1.61. The third-order valence-corrected chi connectivity index (χ3v) is 0.500. The summed E-state index contributed by atoms with van der Waals surface area (Å²) in [4.78, 5) is 0. The van der Waals surface area contributed by atoms with Crippen LogP contribution < -0.4 is 0 Å². The van der Waals surface area contributed by atoms with Gasteiger partial charge < -0.3 is 0 Å². The fraction of sp³-hybridized carbons (Fsp3) is 0.800. The van der Waals surface area contributed by atoms with E-state index in [9.17, 15) is 0 Å². The zero-order valence-electron chi connectivity index (χ0n) is 3.91. The van der Waals surface area contributed by atoms with Crippen molar-refractivity contribution in [2.24, 2.45) is 0 Å². The molecule has 0 spiro atoms. The van der Waals surface area contributed by atoms with Crippen molar-refractivity contribution in [3.8, 4) is 0 Å². The number of hydrogen-bond acceptors (Lipinski definition) is 0. The molecule has 2 radical (unpaired) electrons. The van der Waals surface area contributed by atoms with Gasteiger partial charge in [0.1, 0.15) is 0 Å². The molecule has 0 nitrogen and oxygen atoms in total. The van der Waals surface area contributed by atoms with Crippen molar-refractivity contribution < 1.29 is 0 Å². The van der Waals surface area contributed by atoms with E-state index >= 15 is 0 Å². The number of hydrogen-bond donors (Lipinski definition) is 0. The Labute approximate surface area is 34.2 Å². The second kappa shape index (κ2) is 4.00. The van der Waals surface area contributed by atoms with Gasteiger partial charge in [-0.3, -0.25) is 0 Å². The highest BCUT2D eigenvalue weighted by Crippen LogP contribution is 1.86. The van der Waals surface area contributed by atoms with Gasteiger partial charge in [-0.1, -0.05) is 13.8 Å². The van der Waals surface area contributed by atoms with E-state index < -0.39 is 0 Å². The third-order valence-electron chi connectivity index (χ3n) is 0.500. The molecule has 0 aliphatic heterocycles. The van der Waals surface area contributed by atoms with Crippen molar-refractivity contribution in [1.29, 1.82) is 0 Å². The quantitative estimate of drug-likeness (QED) is 0.465. The summed E-state index contributed by atoms with van der Waals surface area (Å²) in [6.07, 6.45) is 5.30. The molecule has 0 aromatic heterocycles. The Balaban J connectivity index is 2.19. The van der Waals surface area contributed by atoms with Gasteiger partial charge in [-0.25, -0.2) is 0 Å². The van der Waals surface area contributed by atoms with Crippen molar-refractivity contribution in [3.63, 3.8) is 0 Å². The molecule has 0 bridgehead atoms. The second-order valence-electron chi connectivity index (χ2n) is 0.957. The standard InChI is InChI=1S/C5H10/c1-3-5-4-2/h3-4H2,1-2H3. The predicted molar refractivity (Wildman–Crippen MR) is 23.8 cm³/mol. The molecular weight excluding hydrogens is 60.1 g/mol. The summed E-state index contributed by atoms with van der Waals surface area (Å²) in [6.45, 7) is 4.20. The maximum absolute atomic E-state index is 3.11. The van der Waals surface area contributed by atoms with Crippen LogP contribution in [-0.4, -0.2) is 0 Å².